The number of nitrogens with one attached hydrogen (secondary N) is 1. The van der Waals surface area contributed by atoms with Crippen molar-refractivity contribution in [1.82, 2.24) is 15.0 Å². The number of rotatable bonds is 3. The number of morpholine rings is 1. The standard InChI is InChI=1S/C13H17N5O/c14-5-12-9-18(3-4-19-12)13-16-7-11(8-17-13)10-1-2-15-6-10/h1-2,6-8,12,15H,3-5,9,14H2. The molecule has 0 saturated carbocycles. The van der Waals surface area contributed by atoms with Crippen LogP contribution in [0.2, 0.25) is 0 Å². The fourth-order valence-corrected chi connectivity index (χ4v) is 2.18. The molecule has 19 heavy (non-hydrogen) atoms. The van der Waals surface area contributed by atoms with Crippen LogP contribution in [0.1, 0.15) is 0 Å². The Balaban J connectivity index is 1.75. The largest absolute Gasteiger partial charge is 0.373 e. The zero-order valence-corrected chi connectivity index (χ0v) is 10.6. The summed E-state index contributed by atoms with van der Waals surface area (Å²) < 4.78 is 5.54. The van der Waals surface area contributed by atoms with Gasteiger partial charge in [-0.25, -0.2) is 9.97 Å². The highest BCUT2D eigenvalue weighted by Gasteiger charge is 2.21. The molecule has 2 aromatic rings. The van der Waals surface area contributed by atoms with Gasteiger partial charge in [-0.1, -0.05) is 0 Å². The smallest absolute Gasteiger partial charge is 0.225 e. The van der Waals surface area contributed by atoms with E-state index < -0.39 is 0 Å². The number of anilines is 1. The molecule has 3 heterocycles. The Bertz CT molecular complexity index is 510. The Kier molecular flexibility index (Phi) is 3.43. The average Bonchev–Trinajstić information content (AvgIpc) is 3.02. The number of hydrogen-bond donors (Lipinski definition) is 2. The van der Waals surface area contributed by atoms with E-state index in [0.29, 0.717) is 13.2 Å². The molecule has 0 radical (unpaired) electrons. The minimum atomic E-state index is 0.0710. The van der Waals surface area contributed by atoms with Gasteiger partial charge in [0.05, 0.1) is 12.7 Å². The Morgan fingerprint density at radius 3 is 2.89 bits per heavy atom. The summed E-state index contributed by atoms with van der Waals surface area (Å²) in [7, 11) is 0. The zero-order chi connectivity index (χ0) is 13.1. The van der Waals surface area contributed by atoms with Gasteiger partial charge < -0.3 is 20.4 Å². The van der Waals surface area contributed by atoms with Crippen molar-refractivity contribution in [2.75, 3.05) is 31.1 Å². The maximum absolute atomic E-state index is 5.64. The van der Waals surface area contributed by atoms with Crippen molar-refractivity contribution >= 4 is 5.95 Å². The van der Waals surface area contributed by atoms with Crippen LogP contribution in [0.25, 0.3) is 11.1 Å². The van der Waals surface area contributed by atoms with Crippen LogP contribution in [0.3, 0.4) is 0 Å². The molecular formula is C13H17N5O. The third-order valence-electron chi connectivity index (χ3n) is 3.25. The first-order valence-corrected chi connectivity index (χ1v) is 6.38. The number of nitrogens with zero attached hydrogens (tertiary/aromatic N) is 3. The summed E-state index contributed by atoms with van der Waals surface area (Å²) in [5, 5.41) is 0. The Morgan fingerprint density at radius 2 is 2.21 bits per heavy atom. The number of H-pyrrole nitrogens is 1. The summed E-state index contributed by atoms with van der Waals surface area (Å²) in [5.74, 6) is 0.737. The molecule has 1 aliphatic heterocycles. The van der Waals surface area contributed by atoms with Gasteiger partial charge in [-0.05, 0) is 6.07 Å². The zero-order valence-electron chi connectivity index (χ0n) is 10.6. The SMILES string of the molecule is NCC1CN(c2ncc(-c3cc[nH]c3)cn2)CCO1. The van der Waals surface area contributed by atoms with Gasteiger partial charge in [0.15, 0.2) is 0 Å². The van der Waals surface area contributed by atoms with Crippen LogP contribution in [0.4, 0.5) is 5.95 Å². The predicted octanol–water partition coefficient (Wildman–Crippen LogP) is 0.636. The van der Waals surface area contributed by atoms with Crippen molar-refractivity contribution in [2.45, 2.75) is 6.10 Å². The first-order chi connectivity index (χ1) is 9.36. The van der Waals surface area contributed by atoms with Crippen molar-refractivity contribution < 1.29 is 4.74 Å². The lowest BCUT2D eigenvalue weighted by atomic mass is 10.2. The number of aromatic amines is 1. The molecule has 6 nitrogen and oxygen atoms in total. The highest BCUT2D eigenvalue weighted by atomic mass is 16.5. The van der Waals surface area contributed by atoms with Crippen LogP contribution >= 0.6 is 0 Å². The van der Waals surface area contributed by atoms with Crippen LogP contribution in [0, 0.1) is 0 Å². The summed E-state index contributed by atoms with van der Waals surface area (Å²) in [5.41, 5.74) is 7.73. The molecule has 0 aliphatic carbocycles. The molecular weight excluding hydrogens is 242 g/mol. The number of hydrogen-bond acceptors (Lipinski definition) is 5. The third kappa shape index (κ3) is 2.59. The minimum Gasteiger partial charge on any atom is -0.373 e. The molecule has 1 atom stereocenters. The minimum absolute atomic E-state index is 0.0710. The second kappa shape index (κ2) is 5.38. The van der Waals surface area contributed by atoms with Crippen molar-refractivity contribution in [3.63, 3.8) is 0 Å². The number of ether oxygens (including phenoxy) is 1. The quantitative estimate of drug-likeness (QED) is 0.845. The molecule has 2 aromatic heterocycles. The molecule has 1 unspecified atom stereocenters. The second-order valence-electron chi connectivity index (χ2n) is 4.55. The van der Waals surface area contributed by atoms with Gasteiger partial charge in [-0.15, -0.1) is 0 Å². The monoisotopic (exact) mass is 259 g/mol. The molecule has 1 fully saturated rings. The second-order valence-corrected chi connectivity index (χ2v) is 4.55. The van der Waals surface area contributed by atoms with E-state index in [1.807, 2.05) is 30.9 Å². The molecule has 1 aliphatic rings. The Labute approximate surface area is 111 Å². The predicted molar refractivity (Wildman–Crippen MR) is 72.8 cm³/mol. The van der Waals surface area contributed by atoms with Crippen LogP contribution in [-0.2, 0) is 4.74 Å². The fraction of sp³-hybridized carbons (Fsp3) is 0.385. The van der Waals surface area contributed by atoms with Crippen molar-refractivity contribution in [3.8, 4) is 11.1 Å². The molecule has 0 amide bonds. The van der Waals surface area contributed by atoms with Gasteiger partial charge in [-0.3, -0.25) is 0 Å². The maximum atomic E-state index is 5.64. The van der Waals surface area contributed by atoms with Crippen molar-refractivity contribution in [2.24, 2.45) is 5.73 Å². The lowest BCUT2D eigenvalue weighted by Crippen LogP contribution is -2.46. The van der Waals surface area contributed by atoms with E-state index in [4.69, 9.17) is 10.5 Å². The van der Waals surface area contributed by atoms with Crippen LogP contribution < -0.4 is 10.6 Å². The molecule has 1 saturated heterocycles. The highest BCUT2D eigenvalue weighted by Crippen LogP contribution is 2.19. The lowest BCUT2D eigenvalue weighted by Gasteiger charge is -2.32. The summed E-state index contributed by atoms with van der Waals surface area (Å²) in [6.07, 6.45) is 7.58. The number of nitrogens with two attached hydrogens (primary N) is 1. The molecule has 0 bridgehead atoms. The van der Waals surface area contributed by atoms with Gasteiger partial charge in [-0.2, -0.15) is 0 Å². The van der Waals surface area contributed by atoms with E-state index in [1.165, 1.54) is 0 Å². The van der Waals surface area contributed by atoms with Gasteiger partial charge >= 0.3 is 0 Å². The van der Waals surface area contributed by atoms with E-state index in [9.17, 15) is 0 Å². The first-order valence-electron chi connectivity index (χ1n) is 6.38. The first kappa shape index (κ1) is 12.1. The van der Waals surface area contributed by atoms with Gasteiger partial charge in [0.2, 0.25) is 5.95 Å². The third-order valence-corrected chi connectivity index (χ3v) is 3.25. The molecule has 100 valence electrons. The van der Waals surface area contributed by atoms with Crippen LogP contribution in [0.15, 0.2) is 30.9 Å². The van der Waals surface area contributed by atoms with Gasteiger partial charge in [0.25, 0.3) is 0 Å². The lowest BCUT2D eigenvalue weighted by molar-refractivity contribution is 0.0460. The molecule has 3 rings (SSSR count). The summed E-state index contributed by atoms with van der Waals surface area (Å²) in [6, 6.07) is 2.00. The summed E-state index contributed by atoms with van der Waals surface area (Å²) >= 11 is 0. The van der Waals surface area contributed by atoms with Crippen LogP contribution in [0.5, 0.6) is 0 Å². The average molecular weight is 259 g/mol. The Morgan fingerprint density at radius 1 is 1.37 bits per heavy atom. The van der Waals surface area contributed by atoms with E-state index in [-0.39, 0.29) is 6.10 Å². The number of aromatic nitrogens is 3. The van der Waals surface area contributed by atoms with Crippen molar-refractivity contribution in [3.05, 3.63) is 30.9 Å². The molecule has 6 heteroatoms. The van der Waals surface area contributed by atoms with E-state index >= 15 is 0 Å². The van der Waals surface area contributed by atoms with E-state index in [0.717, 1.165) is 30.2 Å². The summed E-state index contributed by atoms with van der Waals surface area (Å²) in [6.45, 7) is 2.75. The van der Waals surface area contributed by atoms with Gasteiger partial charge in [0.1, 0.15) is 0 Å². The molecule has 0 aromatic carbocycles. The van der Waals surface area contributed by atoms with E-state index in [1.54, 1.807) is 0 Å². The molecule has 0 spiro atoms. The van der Waals surface area contributed by atoms with E-state index in [2.05, 4.69) is 19.9 Å². The molecule has 3 N–H and O–H groups in total. The fourth-order valence-electron chi connectivity index (χ4n) is 2.18. The topological polar surface area (TPSA) is 80.1 Å². The highest BCUT2D eigenvalue weighted by molar-refractivity contribution is 5.61. The Hall–Kier alpha value is -1.92. The normalized spacial score (nSPS) is 19.6. The maximum Gasteiger partial charge on any atom is 0.225 e. The summed E-state index contributed by atoms with van der Waals surface area (Å²) in [4.78, 5) is 14.0. The van der Waals surface area contributed by atoms with Crippen molar-refractivity contribution in [1.29, 1.82) is 0 Å². The van der Waals surface area contributed by atoms with Crippen LogP contribution in [-0.4, -0.2) is 47.3 Å². The van der Waals surface area contributed by atoms with Gasteiger partial charge in [0, 0.05) is 55.5 Å².